The second-order valence-electron chi connectivity index (χ2n) is 7.32. The van der Waals surface area contributed by atoms with Crippen LogP contribution in [-0.4, -0.2) is 33.3 Å². The molecule has 0 aliphatic carbocycles. The van der Waals surface area contributed by atoms with E-state index in [9.17, 15) is 14.7 Å². The van der Waals surface area contributed by atoms with Gasteiger partial charge in [0.05, 0.1) is 11.6 Å². The van der Waals surface area contributed by atoms with E-state index in [1.54, 1.807) is 42.5 Å². The molecule has 1 N–H and O–H groups in total. The Morgan fingerprint density at radius 3 is 2.38 bits per heavy atom. The van der Waals surface area contributed by atoms with Gasteiger partial charge in [-0.25, -0.2) is 0 Å². The van der Waals surface area contributed by atoms with Crippen LogP contribution in [0.15, 0.2) is 97.4 Å². The number of carbonyl (C=O) groups is 2. The zero-order valence-corrected chi connectivity index (χ0v) is 17.3. The van der Waals surface area contributed by atoms with E-state index in [1.165, 1.54) is 17.3 Å². The van der Waals surface area contributed by atoms with Crippen molar-refractivity contribution in [3.8, 4) is 5.75 Å². The summed E-state index contributed by atoms with van der Waals surface area (Å²) in [5.41, 5.74) is 2.06. The second-order valence-corrected chi connectivity index (χ2v) is 7.32. The van der Waals surface area contributed by atoms with Crippen LogP contribution in [0.2, 0.25) is 0 Å². The van der Waals surface area contributed by atoms with Gasteiger partial charge in [-0.05, 0) is 35.4 Å². The molecule has 6 heteroatoms. The van der Waals surface area contributed by atoms with Crippen LogP contribution in [0.4, 0.5) is 0 Å². The van der Waals surface area contributed by atoms with Gasteiger partial charge in [0, 0.05) is 24.5 Å². The molecule has 1 atom stereocenters. The van der Waals surface area contributed by atoms with Crippen LogP contribution in [0.1, 0.15) is 22.7 Å². The molecule has 1 unspecified atom stereocenters. The molecular weight excluding hydrogens is 404 g/mol. The van der Waals surface area contributed by atoms with Crippen molar-refractivity contribution in [2.75, 3.05) is 6.61 Å². The summed E-state index contributed by atoms with van der Waals surface area (Å²) in [5.74, 6) is -0.949. The molecule has 4 rings (SSSR count). The lowest BCUT2D eigenvalue weighted by molar-refractivity contribution is -0.140. The largest absolute Gasteiger partial charge is 0.507 e. The Hall–Kier alpha value is -4.19. The highest BCUT2D eigenvalue weighted by molar-refractivity contribution is 6.46. The Kier molecular flexibility index (Phi) is 6.12. The predicted molar refractivity (Wildman–Crippen MR) is 121 cm³/mol. The number of nitrogens with zero attached hydrogens (tertiary/aromatic N) is 2. The molecule has 2 heterocycles. The summed E-state index contributed by atoms with van der Waals surface area (Å²) in [7, 11) is 0. The number of amides is 1. The number of Topliss-reactive ketones (excluding diaryl/α,β-unsaturated/α-hetero) is 1. The Morgan fingerprint density at radius 2 is 1.72 bits per heavy atom. The highest BCUT2D eigenvalue weighted by Gasteiger charge is 2.46. The van der Waals surface area contributed by atoms with Crippen molar-refractivity contribution in [3.05, 3.63) is 114 Å². The third-order valence-electron chi connectivity index (χ3n) is 5.25. The Morgan fingerprint density at radius 1 is 1.03 bits per heavy atom. The third-order valence-corrected chi connectivity index (χ3v) is 5.25. The third kappa shape index (κ3) is 4.16. The maximum Gasteiger partial charge on any atom is 0.295 e. The average molecular weight is 426 g/mol. The summed E-state index contributed by atoms with van der Waals surface area (Å²) < 4.78 is 5.55. The number of aromatic nitrogens is 1. The molecule has 1 amide bonds. The normalized spacial score (nSPS) is 17.4. The summed E-state index contributed by atoms with van der Waals surface area (Å²) in [4.78, 5) is 31.5. The van der Waals surface area contributed by atoms with Gasteiger partial charge >= 0.3 is 0 Å². The van der Waals surface area contributed by atoms with E-state index >= 15 is 0 Å². The average Bonchev–Trinajstić information content (AvgIpc) is 3.08. The van der Waals surface area contributed by atoms with Crippen molar-refractivity contribution in [1.82, 2.24) is 9.88 Å². The van der Waals surface area contributed by atoms with Gasteiger partial charge in [0.25, 0.3) is 11.7 Å². The number of aliphatic hydroxyl groups excluding tert-OH is 1. The van der Waals surface area contributed by atoms with Gasteiger partial charge in [0.15, 0.2) is 0 Å². The van der Waals surface area contributed by atoms with E-state index in [0.717, 1.165) is 5.56 Å². The summed E-state index contributed by atoms with van der Waals surface area (Å²) in [6, 6.07) is 19.0. The van der Waals surface area contributed by atoms with Crippen LogP contribution >= 0.6 is 0 Å². The first kappa shape index (κ1) is 21.1. The molecule has 1 saturated heterocycles. The van der Waals surface area contributed by atoms with Crippen LogP contribution < -0.4 is 4.74 Å². The van der Waals surface area contributed by atoms with Crippen molar-refractivity contribution in [1.29, 1.82) is 0 Å². The maximum absolute atomic E-state index is 13.1. The van der Waals surface area contributed by atoms with Gasteiger partial charge in [0.2, 0.25) is 0 Å². The lowest BCUT2D eigenvalue weighted by Gasteiger charge is -2.25. The number of ether oxygens (including phenoxy) is 1. The number of benzene rings is 2. The summed E-state index contributed by atoms with van der Waals surface area (Å²) in [6.07, 6.45) is 4.70. The molecule has 1 aromatic heterocycles. The molecule has 1 fully saturated rings. The molecule has 0 spiro atoms. The first-order chi connectivity index (χ1) is 15.6. The minimum atomic E-state index is -0.739. The lowest BCUT2D eigenvalue weighted by atomic mass is 9.95. The van der Waals surface area contributed by atoms with E-state index in [2.05, 4.69) is 11.6 Å². The highest BCUT2D eigenvalue weighted by atomic mass is 16.5. The first-order valence-corrected chi connectivity index (χ1v) is 10.2. The molecule has 32 heavy (non-hydrogen) atoms. The van der Waals surface area contributed by atoms with Crippen molar-refractivity contribution >= 4 is 17.4 Å². The SMILES string of the molecule is C=CCOc1ccc(C2/C(=C(\O)c3ccncc3)C(=O)C(=O)N2Cc2ccccc2)cc1. The molecule has 1 aliphatic rings. The Labute approximate surface area is 186 Å². The molecular formula is C26H22N2O4. The maximum atomic E-state index is 13.1. The summed E-state index contributed by atoms with van der Waals surface area (Å²) >= 11 is 0. The minimum Gasteiger partial charge on any atom is -0.507 e. The summed E-state index contributed by atoms with van der Waals surface area (Å²) in [5, 5.41) is 11.0. The number of aliphatic hydroxyl groups is 1. The molecule has 1 aliphatic heterocycles. The summed E-state index contributed by atoms with van der Waals surface area (Å²) in [6.45, 7) is 4.24. The van der Waals surface area contributed by atoms with Crippen LogP contribution in [-0.2, 0) is 16.1 Å². The van der Waals surface area contributed by atoms with Gasteiger partial charge in [-0.1, -0.05) is 55.1 Å². The number of pyridine rings is 1. The van der Waals surface area contributed by atoms with Crippen LogP contribution in [0.25, 0.3) is 5.76 Å². The standard InChI is InChI=1S/C26H22N2O4/c1-2-16-32-21-10-8-19(9-11-21)23-22(24(29)20-12-14-27-15-13-20)25(30)26(31)28(23)17-18-6-4-3-5-7-18/h2-15,23,29H,1,16-17H2/b24-22+. The van der Waals surface area contributed by atoms with Gasteiger partial charge in [-0.2, -0.15) is 0 Å². The number of hydrogen-bond donors (Lipinski definition) is 1. The second kappa shape index (κ2) is 9.31. The molecule has 160 valence electrons. The van der Waals surface area contributed by atoms with Crippen molar-refractivity contribution < 1.29 is 19.4 Å². The van der Waals surface area contributed by atoms with Gasteiger partial charge in [-0.15, -0.1) is 0 Å². The zero-order valence-electron chi connectivity index (χ0n) is 17.3. The topological polar surface area (TPSA) is 79.7 Å². The van der Waals surface area contributed by atoms with Crippen LogP contribution in [0.5, 0.6) is 5.75 Å². The highest BCUT2D eigenvalue weighted by Crippen LogP contribution is 2.40. The van der Waals surface area contributed by atoms with E-state index in [-0.39, 0.29) is 17.9 Å². The Bertz CT molecular complexity index is 1160. The van der Waals surface area contributed by atoms with Crippen molar-refractivity contribution in [2.45, 2.75) is 12.6 Å². The fraction of sp³-hybridized carbons (Fsp3) is 0.115. The smallest absolute Gasteiger partial charge is 0.295 e. The number of rotatable bonds is 7. The molecule has 3 aromatic rings. The molecule has 6 nitrogen and oxygen atoms in total. The van der Waals surface area contributed by atoms with Crippen molar-refractivity contribution in [2.24, 2.45) is 0 Å². The Balaban J connectivity index is 1.80. The molecule has 0 bridgehead atoms. The molecule has 0 saturated carbocycles. The molecule has 0 radical (unpaired) electrons. The first-order valence-electron chi connectivity index (χ1n) is 10.2. The van der Waals surface area contributed by atoms with Gasteiger partial charge in [0.1, 0.15) is 18.1 Å². The van der Waals surface area contributed by atoms with Gasteiger partial charge in [-0.3, -0.25) is 14.6 Å². The number of likely N-dealkylation sites (tertiary alicyclic amines) is 1. The number of carbonyl (C=O) groups excluding carboxylic acids is 2. The van der Waals surface area contributed by atoms with E-state index in [0.29, 0.717) is 23.5 Å². The van der Waals surface area contributed by atoms with Gasteiger partial charge < -0.3 is 14.7 Å². The number of ketones is 1. The fourth-order valence-electron chi connectivity index (χ4n) is 3.74. The predicted octanol–water partition coefficient (Wildman–Crippen LogP) is 4.27. The number of hydrogen-bond acceptors (Lipinski definition) is 5. The van der Waals surface area contributed by atoms with Crippen molar-refractivity contribution in [3.63, 3.8) is 0 Å². The minimum absolute atomic E-state index is 0.0527. The zero-order chi connectivity index (χ0) is 22.5. The molecule has 2 aromatic carbocycles. The van der Waals surface area contributed by atoms with E-state index < -0.39 is 17.7 Å². The van der Waals surface area contributed by atoms with E-state index in [1.807, 2.05) is 30.3 Å². The van der Waals surface area contributed by atoms with E-state index in [4.69, 9.17) is 4.74 Å². The van der Waals surface area contributed by atoms with Crippen LogP contribution in [0, 0.1) is 0 Å². The van der Waals surface area contributed by atoms with Crippen LogP contribution in [0.3, 0.4) is 0 Å². The monoisotopic (exact) mass is 426 g/mol. The fourth-order valence-corrected chi connectivity index (χ4v) is 3.74. The lowest BCUT2D eigenvalue weighted by Crippen LogP contribution is -2.29. The quantitative estimate of drug-likeness (QED) is 0.264.